The summed E-state index contributed by atoms with van der Waals surface area (Å²) in [6.45, 7) is 1.11. The molecule has 88 valence electrons. The van der Waals surface area contributed by atoms with Crippen molar-refractivity contribution < 1.29 is 0 Å². The van der Waals surface area contributed by atoms with E-state index in [0.29, 0.717) is 6.04 Å². The molecule has 1 atom stereocenters. The summed E-state index contributed by atoms with van der Waals surface area (Å²) < 4.78 is 3.44. The predicted molar refractivity (Wildman–Crippen MR) is 76.3 cm³/mol. The van der Waals surface area contributed by atoms with E-state index in [1.54, 1.807) is 0 Å². The fraction of sp³-hybridized carbons (Fsp3) is 0.308. The number of hydrogen-bond donors (Lipinski definition) is 1. The van der Waals surface area contributed by atoms with Crippen molar-refractivity contribution in [1.82, 2.24) is 14.9 Å². The first-order valence-corrected chi connectivity index (χ1v) is 6.94. The molecule has 2 heterocycles. The molecule has 3 nitrogen and oxygen atoms in total. The van der Waals surface area contributed by atoms with E-state index in [1.165, 1.54) is 27.8 Å². The fourth-order valence-electron chi connectivity index (χ4n) is 2.32. The second-order valence-corrected chi connectivity index (χ2v) is 5.56. The fourth-order valence-corrected chi connectivity index (χ4v) is 2.68. The Morgan fingerprint density at radius 3 is 2.82 bits per heavy atom. The van der Waals surface area contributed by atoms with Gasteiger partial charge in [-0.3, -0.25) is 0 Å². The zero-order chi connectivity index (χ0) is 11.7. The van der Waals surface area contributed by atoms with Gasteiger partial charge in [-0.2, -0.15) is 0 Å². The summed E-state index contributed by atoms with van der Waals surface area (Å²) in [7, 11) is 0. The standard InChI is InChI=1S/C13H14IN3/c14-10-3-5-11(6-4-10)17-9-15-8-13(17)12-2-1-7-16-12/h3-6,8-9,12,16H,1-2,7H2/t12-/m0/s1. The average molecular weight is 339 g/mol. The Balaban J connectivity index is 1.97. The van der Waals surface area contributed by atoms with Crippen molar-refractivity contribution in [2.75, 3.05) is 6.54 Å². The number of hydrogen-bond acceptors (Lipinski definition) is 2. The molecule has 0 aliphatic carbocycles. The van der Waals surface area contributed by atoms with Crippen LogP contribution in [0.5, 0.6) is 0 Å². The maximum Gasteiger partial charge on any atom is 0.0994 e. The zero-order valence-corrected chi connectivity index (χ0v) is 11.6. The van der Waals surface area contributed by atoms with Gasteiger partial charge in [-0.1, -0.05) is 0 Å². The molecule has 0 radical (unpaired) electrons. The van der Waals surface area contributed by atoms with Crippen LogP contribution in [0.2, 0.25) is 0 Å². The minimum Gasteiger partial charge on any atom is -0.309 e. The van der Waals surface area contributed by atoms with Gasteiger partial charge in [-0.05, 0) is 66.2 Å². The predicted octanol–water partition coefficient (Wildman–Crippen LogP) is 2.90. The summed E-state index contributed by atoms with van der Waals surface area (Å²) in [5.74, 6) is 0. The largest absolute Gasteiger partial charge is 0.309 e. The van der Waals surface area contributed by atoms with Gasteiger partial charge in [0.1, 0.15) is 0 Å². The smallest absolute Gasteiger partial charge is 0.0994 e. The van der Waals surface area contributed by atoms with Crippen LogP contribution in [0.4, 0.5) is 0 Å². The Hall–Kier alpha value is -0.880. The molecule has 17 heavy (non-hydrogen) atoms. The molecule has 1 N–H and O–H groups in total. The van der Waals surface area contributed by atoms with Crippen LogP contribution in [0.3, 0.4) is 0 Å². The van der Waals surface area contributed by atoms with Crippen molar-refractivity contribution >= 4 is 22.6 Å². The van der Waals surface area contributed by atoms with Gasteiger partial charge in [0.05, 0.1) is 18.2 Å². The quantitative estimate of drug-likeness (QED) is 0.853. The summed E-state index contributed by atoms with van der Waals surface area (Å²) in [6.07, 6.45) is 6.33. The second kappa shape index (κ2) is 4.78. The minimum atomic E-state index is 0.455. The molecule has 3 rings (SSSR count). The molecular formula is C13H14IN3. The van der Waals surface area contributed by atoms with Crippen LogP contribution in [0.25, 0.3) is 5.69 Å². The van der Waals surface area contributed by atoms with Crippen LogP contribution in [-0.2, 0) is 0 Å². The molecule has 4 heteroatoms. The van der Waals surface area contributed by atoms with Crippen molar-refractivity contribution in [2.24, 2.45) is 0 Å². The van der Waals surface area contributed by atoms with E-state index in [1.807, 2.05) is 12.5 Å². The zero-order valence-electron chi connectivity index (χ0n) is 9.44. The molecule has 1 aliphatic rings. The number of aromatic nitrogens is 2. The van der Waals surface area contributed by atoms with Crippen molar-refractivity contribution in [3.05, 3.63) is 46.1 Å². The molecule has 0 amide bonds. The molecule has 0 spiro atoms. The number of nitrogens with zero attached hydrogens (tertiary/aromatic N) is 2. The third kappa shape index (κ3) is 2.24. The monoisotopic (exact) mass is 339 g/mol. The topological polar surface area (TPSA) is 29.9 Å². The Morgan fingerprint density at radius 2 is 2.12 bits per heavy atom. The summed E-state index contributed by atoms with van der Waals surface area (Å²) in [4.78, 5) is 4.29. The molecule has 0 bridgehead atoms. The molecule has 2 aromatic rings. The van der Waals surface area contributed by atoms with Crippen LogP contribution in [0.15, 0.2) is 36.8 Å². The first kappa shape index (κ1) is 11.2. The highest BCUT2D eigenvalue weighted by Gasteiger charge is 2.20. The van der Waals surface area contributed by atoms with Crippen molar-refractivity contribution in [3.8, 4) is 5.69 Å². The molecule has 1 aromatic heterocycles. The van der Waals surface area contributed by atoms with Gasteiger partial charge in [-0.15, -0.1) is 0 Å². The van der Waals surface area contributed by atoms with Crippen LogP contribution in [0.1, 0.15) is 24.6 Å². The van der Waals surface area contributed by atoms with Gasteiger partial charge in [0.2, 0.25) is 0 Å². The van der Waals surface area contributed by atoms with Gasteiger partial charge in [0.25, 0.3) is 0 Å². The SMILES string of the molecule is Ic1ccc(-n2cncc2[C@@H]2CCCN2)cc1. The Kier molecular flexibility index (Phi) is 3.15. The van der Waals surface area contributed by atoms with E-state index >= 15 is 0 Å². The van der Waals surface area contributed by atoms with E-state index in [0.717, 1.165) is 6.54 Å². The molecule has 1 aliphatic heterocycles. The number of halogens is 1. The Labute approximate surface area is 114 Å². The molecule has 0 saturated carbocycles. The first-order valence-electron chi connectivity index (χ1n) is 5.86. The summed E-state index contributed by atoms with van der Waals surface area (Å²) in [5, 5.41) is 3.52. The van der Waals surface area contributed by atoms with Crippen LogP contribution in [0, 0.1) is 3.57 Å². The highest BCUT2D eigenvalue weighted by Crippen LogP contribution is 2.25. The van der Waals surface area contributed by atoms with Gasteiger partial charge >= 0.3 is 0 Å². The third-order valence-corrected chi connectivity index (χ3v) is 3.91. The molecular weight excluding hydrogens is 325 g/mol. The van der Waals surface area contributed by atoms with E-state index in [4.69, 9.17) is 0 Å². The van der Waals surface area contributed by atoms with Gasteiger partial charge < -0.3 is 9.88 Å². The van der Waals surface area contributed by atoms with Crippen molar-refractivity contribution in [2.45, 2.75) is 18.9 Å². The van der Waals surface area contributed by atoms with E-state index in [2.05, 4.69) is 61.7 Å². The summed E-state index contributed by atoms with van der Waals surface area (Å²) in [6, 6.07) is 8.99. The number of nitrogens with one attached hydrogen (secondary N) is 1. The first-order chi connectivity index (χ1) is 8.34. The number of rotatable bonds is 2. The molecule has 0 unspecified atom stereocenters. The van der Waals surface area contributed by atoms with Gasteiger partial charge in [-0.25, -0.2) is 4.98 Å². The molecule has 1 fully saturated rings. The van der Waals surface area contributed by atoms with Gasteiger partial charge in [0, 0.05) is 15.3 Å². The lowest BCUT2D eigenvalue weighted by molar-refractivity contribution is 0.615. The second-order valence-electron chi connectivity index (χ2n) is 4.31. The highest BCUT2D eigenvalue weighted by molar-refractivity contribution is 14.1. The lowest BCUT2D eigenvalue weighted by Gasteiger charge is -2.13. The van der Waals surface area contributed by atoms with Crippen LogP contribution < -0.4 is 5.32 Å². The highest BCUT2D eigenvalue weighted by atomic mass is 127. The van der Waals surface area contributed by atoms with E-state index in [-0.39, 0.29) is 0 Å². The maximum atomic E-state index is 4.29. The van der Waals surface area contributed by atoms with Crippen molar-refractivity contribution in [3.63, 3.8) is 0 Å². The summed E-state index contributed by atoms with van der Waals surface area (Å²) in [5.41, 5.74) is 2.45. The molecule has 1 saturated heterocycles. The lowest BCUT2D eigenvalue weighted by Crippen LogP contribution is -2.16. The van der Waals surface area contributed by atoms with E-state index < -0.39 is 0 Å². The third-order valence-electron chi connectivity index (χ3n) is 3.19. The van der Waals surface area contributed by atoms with Crippen molar-refractivity contribution in [1.29, 1.82) is 0 Å². The van der Waals surface area contributed by atoms with Crippen LogP contribution >= 0.6 is 22.6 Å². The van der Waals surface area contributed by atoms with E-state index in [9.17, 15) is 0 Å². The minimum absolute atomic E-state index is 0.455. The molecule has 1 aromatic carbocycles. The average Bonchev–Trinajstić information content (AvgIpc) is 3.00. The lowest BCUT2D eigenvalue weighted by atomic mass is 10.1. The van der Waals surface area contributed by atoms with Gasteiger partial charge in [0.15, 0.2) is 0 Å². The Bertz CT molecular complexity index is 498. The normalized spacial score (nSPS) is 19.7. The maximum absolute atomic E-state index is 4.29. The number of imidazole rings is 1. The Morgan fingerprint density at radius 1 is 1.29 bits per heavy atom. The number of benzene rings is 1. The van der Waals surface area contributed by atoms with Crippen LogP contribution in [-0.4, -0.2) is 16.1 Å². The summed E-state index contributed by atoms with van der Waals surface area (Å²) >= 11 is 2.32.